The highest BCUT2D eigenvalue weighted by atomic mass is 32.1. The Morgan fingerprint density at radius 3 is 2.64 bits per heavy atom. The second kappa shape index (κ2) is 11.6. The van der Waals surface area contributed by atoms with E-state index in [-0.39, 0.29) is 23.7 Å². The van der Waals surface area contributed by atoms with Crippen LogP contribution >= 0.6 is 11.3 Å². The Kier molecular flexibility index (Phi) is 8.30. The highest BCUT2D eigenvalue weighted by Crippen LogP contribution is 2.33. The van der Waals surface area contributed by atoms with E-state index in [0.29, 0.717) is 18.2 Å². The molecule has 1 amide bonds. The molecule has 1 aliphatic heterocycles. The molecule has 0 atom stereocenters. The van der Waals surface area contributed by atoms with Gasteiger partial charge in [-0.15, -0.1) is 11.3 Å². The molecule has 1 aliphatic carbocycles. The van der Waals surface area contributed by atoms with Gasteiger partial charge in [0.2, 0.25) is 0 Å². The van der Waals surface area contributed by atoms with Crippen LogP contribution < -0.4 is 10.6 Å². The van der Waals surface area contributed by atoms with Crippen molar-refractivity contribution < 1.29 is 19.1 Å². The highest BCUT2D eigenvalue weighted by Gasteiger charge is 2.38. The number of esters is 1. The molecule has 33 heavy (non-hydrogen) atoms. The van der Waals surface area contributed by atoms with E-state index >= 15 is 0 Å². The summed E-state index contributed by atoms with van der Waals surface area (Å²) in [4.78, 5) is 31.5. The van der Waals surface area contributed by atoms with Gasteiger partial charge in [0.1, 0.15) is 0 Å². The summed E-state index contributed by atoms with van der Waals surface area (Å²) in [7, 11) is 0. The van der Waals surface area contributed by atoms with Gasteiger partial charge < -0.3 is 20.1 Å². The summed E-state index contributed by atoms with van der Waals surface area (Å²) in [5.41, 5.74) is 1.32. The fourth-order valence-electron chi connectivity index (χ4n) is 4.59. The molecule has 2 heterocycles. The van der Waals surface area contributed by atoms with Gasteiger partial charge in [-0.1, -0.05) is 49.6 Å². The lowest BCUT2D eigenvalue weighted by Crippen LogP contribution is -2.59. The quantitative estimate of drug-likeness (QED) is 0.542. The van der Waals surface area contributed by atoms with Gasteiger partial charge in [0, 0.05) is 37.1 Å². The minimum absolute atomic E-state index is 0.0179. The molecule has 178 valence electrons. The van der Waals surface area contributed by atoms with Crippen molar-refractivity contribution in [2.45, 2.75) is 44.2 Å². The minimum atomic E-state index is -0.588. The monoisotopic (exact) mass is 472 g/mol. The van der Waals surface area contributed by atoms with Crippen molar-refractivity contribution in [2.75, 3.05) is 44.8 Å². The number of hydrogen-bond donors (Lipinski definition) is 2. The van der Waals surface area contributed by atoms with Gasteiger partial charge in [-0.2, -0.15) is 0 Å². The van der Waals surface area contributed by atoms with Crippen LogP contribution in [0.3, 0.4) is 0 Å². The molecule has 1 saturated heterocycles. The second-order valence-electron chi connectivity index (χ2n) is 8.61. The summed E-state index contributed by atoms with van der Waals surface area (Å²) in [5.74, 6) is -0.867. The molecule has 1 saturated carbocycles. The van der Waals surface area contributed by atoms with Crippen LogP contribution in [0, 0.1) is 0 Å². The van der Waals surface area contributed by atoms with Crippen LogP contribution in [0.1, 0.15) is 48.2 Å². The van der Waals surface area contributed by atoms with Crippen molar-refractivity contribution in [1.29, 1.82) is 0 Å². The molecule has 0 unspecified atom stereocenters. The third-order valence-electron chi connectivity index (χ3n) is 6.42. The molecular weight excluding hydrogens is 440 g/mol. The zero-order chi connectivity index (χ0) is 22.9. The fraction of sp³-hybridized carbons (Fsp3) is 0.542. The smallest absolute Gasteiger partial charge is 0.358 e. The van der Waals surface area contributed by atoms with Crippen molar-refractivity contribution in [3.05, 3.63) is 47.0 Å². The Morgan fingerprint density at radius 1 is 1.12 bits per heavy atom. The predicted molar refractivity (Wildman–Crippen MR) is 127 cm³/mol. The SMILES string of the molecule is O=C(COC(=O)c1csc(NCc2ccccc2)n1)NCC1(N2CCOCC2)CCCCC1. The molecule has 0 bridgehead atoms. The molecule has 0 radical (unpaired) electrons. The van der Waals surface area contributed by atoms with Crippen molar-refractivity contribution >= 4 is 28.3 Å². The van der Waals surface area contributed by atoms with Crippen molar-refractivity contribution in [3.8, 4) is 0 Å². The number of carbonyl (C=O) groups excluding carboxylic acids is 2. The van der Waals surface area contributed by atoms with Gasteiger partial charge in [-0.05, 0) is 18.4 Å². The summed E-state index contributed by atoms with van der Waals surface area (Å²) in [6.45, 7) is 4.17. The number of aromatic nitrogens is 1. The molecule has 2 aliphatic rings. The summed E-state index contributed by atoms with van der Waals surface area (Å²) in [5, 5.41) is 8.49. The second-order valence-corrected chi connectivity index (χ2v) is 9.47. The minimum Gasteiger partial charge on any atom is -0.451 e. The number of hydrogen-bond acceptors (Lipinski definition) is 8. The molecule has 1 aromatic heterocycles. The average molecular weight is 473 g/mol. The maximum absolute atomic E-state index is 12.4. The van der Waals surface area contributed by atoms with Gasteiger partial charge >= 0.3 is 5.97 Å². The molecule has 2 aromatic rings. The van der Waals surface area contributed by atoms with Crippen LogP contribution in [0.2, 0.25) is 0 Å². The van der Waals surface area contributed by atoms with E-state index in [9.17, 15) is 9.59 Å². The summed E-state index contributed by atoms with van der Waals surface area (Å²) < 4.78 is 10.7. The largest absolute Gasteiger partial charge is 0.451 e. The van der Waals surface area contributed by atoms with Crippen LogP contribution in [0.5, 0.6) is 0 Å². The zero-order valence-electron chi connectivity index (χ0n) is 18.9. The fourth-order valence-corrected chi connectivity index (χ4v) is 5.27. The first-order chi connectivity index (χ1) is 16.1. The van der Waals surface area contributed by atoms with E-state index in [0.717, 1.165) is 44.7 Å². The predicted octanol–water partition coefficient (Wildman–Crippen LogP) is 3.06. The first-order valence-electron chi connectivity index (χ1n) is 11.6. The maximum atomic E-state index is 12.4. The average Bonchev–Trinajstić information content (AvgIpc) is 3.36. The number of nitrogens with one attached hydrogen (secondary N) is 2. The van der Waals surface area contributed by atoms with Gasteiger partial charge in [-0.25, -0.2) is 9.78 Å². The van der Waals surface area contributed by atoms with Gasteiger partial charge in [-0.3, -0.25) is 9.69 Å². The number of anilines is 1. The normalized spacial score (nSPS) is 18.4. The van der Waals surface area contributed by atoms with Crippen LogP contribution in [-0.2, 0) is 20.8 Å². The number of carbonyl (C=O) groups is 2. The van der Waals surface area contributed by atoms with Crippen LogP contribution in [0.25, 0.3) is 0 Å². The lowest BCUT2D eigenvalue weighted by molar-refractivity contribution is -0.125. The molecule has 1 aromatic carbocycles. The summed E-state index contributed by atoms with van der Waals surface area (Å²) in [6.07, 6.45) is 5.74. The number of rotatable bonds is 9. The van der Waals surface area contributed by atoms with Crippen LogP contribution in [-0.4, -0.2) is 66.8 Å². The van der Waals surface area contributed by atoms with Crippen molar-refractivity contribution in [3.63, 3.8) is 0 Å². The topological polar surface area (TPSA) is 92.8 Å². The summed E-state index contributed by atoms with van der Waals surface area (Å²) in [6, 6.07) is 9.96. The van der Waals surface area contributed by atoms with Gasteiger partial charge in [0.05, 0.1) is 13.2 Å². The Labute approximate surface area is 198 Å². The zero-order valence-corrected chi connectivity index (χ0v) is 19.7. The standard InChI is InChI=1S/C24H32N4O4S/c29-21(26-18-24(9-5-2-6-10-24)28-11-13-31-14-12-28)16-32-22(30)20-17-33-23(27-20)25-15-19-7-3-1-4-8-19/h1,3-4,7-8,17H,2,5-6,9-16,18H2,(H,25,27)(H,26,29). The third kappa shape index (κ3) is 6.52. The molecule has 4 rings (SSSR count). The van der Waals surface area contributed by atoms with Crippen molar-refractivity contribution in [2.24, 2.45) is 0 Å². The van der Waals surface area contributed by atoms with Crippen LogP contribution in [0.4, 0.5) is 5.13 Å². The molecule has 0 spiro atoms. The van der Waals surface area contributed by atoms with E-state index in [2.05, 4.69) is 20.5 Å². The van der Waals surface area contributed by atoms with E-state index < -0.39 is 5.97 Å². The van der Waals surface area contributed by atoms with Gasteiger partial charge in [0.25, 0.3) is 5.91 Å². The number of benzene rings is 1. The number of thiazole rings is 1. The number of nitrogens with zero attached hydrogens (tertiary/aromatic N) is 2. The van der Waals surface area contributed by atoms with Crippen LogP contribution in [0.15, 0.2) is 35.7 Å². The third-order valence-corrected chi connectivity index (χ3v) is 7.22. The van der Waals surface area contributed by atoms with E-state index in [4.69, 9.17) is 9.47 Å². The lowest BCUT2D eigenvalue weighted by Gasteiger charge is -2.48. The highest BCUT2D eigenvalue weighted by molar-refractivity contribution is 7.13. The number of amides is 1. The maximum Gasteiger partial charge on any atom is 0.358 e. The first kappa shape index (κ1) is 23.7. The summed E-state index contributed by atoms with van der Waals surface area (Å²) >= 11 is 1.34. The molecule has 2 N–H and O–H groups in total. The first-order valence-corrected chi connectivity index (χ1v) is 12.5. The Morgan fingerprint density at radius 2 is 1.88 bits per heavy atom. The molecule has 8 nitrogen and oxygen atoms in total. The Hall–Kier alpha value is -2.49. The lowest BCUT2D eigenvalue weighted by atomic mass is 9.79. The van der Waals surface area contributed by atoms with E-state index in [1.807, 2.05) is 30.3 Å². The Balaban J connectivity index is 1.23. The van der Waals surface area contributed by atoms with E-state index in [1.165, 1.54) is 30.6 Å². The Bertz CT molecular complexity index is 908. The number of morpholine rings is 1. The van der Waals surface area contributed by atoms with Gasteiger partial charge in [0.15, 0.2) is 17.4 Å². The van der Waals surface area contributed by atoms with Crippen molar-refractivity contribution in [1.82, 2.24) is 15.2 Å². The number of ether oxygens (including phenoxy) is 2. The molecule has 2 fully saturated rings. The molecule has 9 heteroatoms. The van der Waals surface area contributed by atoms with E-state index in [1.54, 1.807) is 5.38 Å². The molecular formula is C24H32N4O4S.